The fourth-order valence-corrected chi connectivity index (χ4v) is 2.11. The number of nitrogens with one attached hydrogen (secondary N) is 1. The van der Waals surface area contributed by atoms with Crippen molar-refractivity contribution in [2.45, 2.75) is 26.3 Å². The molecule has 1 aromatic rings. The summed E-state index contributed by atoms with van der Waals surface area (Å²) in [6, 6.07) is 0. The van der Waals surface area contributed by atoms with Crippen LogP contribution in [0.25, 0.3) is 0 Å². The minimum absolute atomic E-state index is 0.403. The lowest BCUT2D eigenvalue weighted by Gasteiger charge is -2.33. The first-order chi connectivity index (χ1) is 7.68. The van der Waals surface area contributed by atoms with Gasteiger partial charge in [0.1, 0.15) is 0 Å². The molecule has 1 N–H and O–H groups in total. The van der Waals surface area contributed by atoms with E-state index in [1.807, 2.05) is 17.9 Å². The number of aromatic nitrogens is 2. The van der Waals surface area contributed by atoms with Crippen LogP contribution in [0.4, 0.5) is 0 Å². The average molecular weight is 223 g/mol. The molecule has 0 unspecified atom stereocenters. The topological polar surface area (TPSA) is 39.1 Å². The second-order valence-electron chi connectivity index (χ2n) is 5.05. The smallest absolute Gasteiger partial charge is 0.0534 e. The minimum Gasteiger partial charge on any atom is -0.381 e. The van der Waals surface area contributed by atoms with Crippen molar-refractivity contribution < 1.29 is 4.74 Å². The van der Waals surface area contributed by atoms with Gasteiger partial charge in [-0.05, 0) is 18.3 Å². The summed E-state index contributed by atoms with van der Waals surface area (Å²) in [7, 11) is 1.95. The molecular formula is C12H21N3O. The van der Waals surface area contributed by atoms with Gasteiger partial charge in [0, 0.05) is 45.1 Å². The Morgan fingerprint density at radius 2 is 2.25 bits per heavy atom. The van der Waals surface area contributed by atoms with Crippen LogP contribution in [0, 0.1) is 5.41 Å². The maximum absolute atomic E-state index is 5.39. The molecular weight excluding hydrogens is 202 g/mol. The number of hydrogen-bond donors (Lipinski definition) is 1. The molecule has 4 heteroatoms. The van der Waals surface area contributed by atoms with E-state index in [1.165, 1.54) is 5.56 Å². The Morgan fingerprint density at radius 3 is 2.88 bits per heavy atom. The highest BCUT2D eigenvalue weighted by Crippen LogP contribution is 2.28. The number of ether oxygens (including phenoxy) is 1. The van der Waals surface area contributed by atoms with Crippen molar-refractivity contribution in [1.29, 1.82) is 0 Å². The summed E-state index contributed by atoms with van der Waals surface area (Å²) in [6.45, 7) is 6.12. The lowest BCUT2D eigenvalue weighted by Crippen LogP contribution is -2.36. The molecule has 0 aliphatic carbocycles. The van der Waals surface area contributed by atoms with Crippen molar-refractivity contribution in [1.82, 2.24) is 15.1 Å². The zero-order valence-corrected chi connectivity index (χ0v) is 10.2. The molecule has 0 spiro atoms. The monoisotopic (exact) mass is 223 g/mol. The number of hydrogen-bond acceptors (Lipinski definition) is 3. The molecule has 16 heavy (non-hydrogen) atoms. The quantitative estimate of drug-likeness (QED) is 0.837. The number of rotatable bonds is 4. The van der Waals surface area contributed by atoms with E-state index < -0.39 is 0 Å². The fraction of sp³-hybridized carbons (Fsp3) is 0.750. The highest BCUT2D eigenvalue weighted by molar-refractivity contribution is 5.02. The van der Waals surface area contributed by atoms with Gasteiger partial charge in [-0.25, -0.2) is 0 Å². The summed E-state index contributed by atoms with van der Waals surface area (Å²) in [4.78, 5) is 0. The van der Waals surface area contributed by atoms with Gasteiger partial charge in [-0.2, -0.15) is 5.10 Å². The fourth-order valence-electron chi connectivity index (χ4n) is 2.11. The van der Waals surface area contributed by atoms with Gasteiger partial charge in [0.15, 0.2) is 0 Å². The first kappa shape index (κ1) is 11.6. The Bertz CT molecular complexity index is 329. The SMILES string of the molecule is Cn1cc(CNCC2(C)CCOCC2)cn1. The molecule has 0 aromatic carbocycles. The second kappa shape index (κ2) is 4.97. The predicted octanol–water partition coefficient (Wildman–Crippen LogP) is 1.33. The van der Waals surface area contributed by atoms with E-state index in [0.29, 0.717) is 5.41 Å². The third-order valence-electron chi connectivity index (χ3n) is 3.34. The number of aryl methyl sites for hydroxylation is 1. The highest BCUT2D eigenvalue weighted by Gasteiger charge is 2.26. The van der Waals surface area contributed by atoms with Gasteiger partial charge in [-0.15, -0.1) is 0 Å². The van der Waals surface area contributed by atoms with Crippen LogP contribution in [0.3, 0.4) is 0 Å². The van der Waals surface area contributed by atoms with Crippen molar-refractivity contribution in [2.75, 3.05) is 19.8 Å². The Kier molecular flexibility index (Phi) is 3.61. The first-order valence-electron chi connectivity index (χ1n) is 5.94. The summed E-state index contributed by atoms with van der Waals surface area (Å²) >= 11 is 0. The van der Waals surface area contributed by atoms with Gasteiger partial charge in [0.2, 0.25) is 0 Å². The molecule has 2 heterocycles. The molecule has 0 radical (unpaired) electrons. The maximum atomic E-state index is 5.39. The highest BCUT2D eigenvalue weighted by atomic mass is 16.5. The normalized spacial score (nSPS) is 19.9. The van der Waals surface area contributed by atoms with Crippen LogP contribution in [0.15, 0.2) is 12.4 Å². The molecule has 1 aromatic heterocycles. The molecule has 90 valence electrons. The maximum Gasteiger partial charge on any atom is 0.0534 e. The van der Waals surface area contributed by atoms with Gasteiger partial charge in [0.25, 0.3) is 0 Å². The van der Waals surface area contributed by atoms with E-state index >= 15 is 0 Å². The van der Waals surface area contributed by atoms with Crippen molar-refractivity contribution in [2.24, 2.45) is 12.5 Å². The second-order valence-corrected chi connectivity index (χ2v) is 5.05. The molecule has 1 aliphatic heterocycles. The van der Waals surface area contributed by atoms with Crippen LogP contribution >= 0.6 is 0 Å². The molecule has 0 bridgehead atoms. The number of nitrogens with zero attached hydrogens (tertiary/aromatic N) is 2. The molecule has 1 aliphatic rings. The standard InChI is InChI=1S/C12H21N3O/c1-12(3-5-16-6-4-12)10-13-7-11-8-14-15(2)9-11/h8-9,13H,3-7,10H2,1-2H3. The van der Waals surface area contributed by atoms with Gasteiger partial charge in [0.05, 0.1) is 6.20 Å². The Morgan fingerprint density at radius 1 is 1.50 bits per heavy atom. The zero-order valence-electron chi connectivity index (χ0n) is 10.2. The molecule has 2 rings (SSSR count). The Balaban J connectivity index is 1.74. The molecule has 0 saturated carbocycles. The summed E-state index contributed by atoms with van der Waals surface area (Å²) in [5, 5.41) is 7.67. The molecule has 1 fully saturated rings. The molecule has 1 saturated heterocycles. The molecule has 0 atom stereocenters. The van der Waals surface area contributed by atoms with Crippen molar-refractivity contribution in [3.8, 4) is 0 Å². The zero-order chi connectivity index (χ0) is 11.4. The van der Waals surface area contributed by atoms with Crippen molar-refractivity contribution in [3.05, 3.63) is 18.0 Å². The van der Waals surface area contributed by atoms with Crippen LogP contribution in [0.5, 0.6) is 0 Å². The van der Waals surface area contributed by atoms with E-state index in [1.54, 1.807) is 0 Å². The van der Waals surface area contributed by atoms with Crippen LogP contribution in [-0.2, 0) is 18.3 Å². The van der Waals surface area contributed by atoms with Gasteiger partial charge < -0.3 is 10.1 Å². The predicted molar refractivity (Wildman–Crippen MR) is 63.1 cm³/mol. The van der Waals surface area contributed by atoms with Crippen LogP contribution in [0.1, 0.15) is 25.3 Å². The Labute approximate surface area is 97.0 Å². The lowest BCUT2D eigenvalue weighted by molar-refractivity contribution is 0.0240. The minimum atomic E-state index is 0.403. The summed E-state index contributed by atoms with van der Waals surface area (Å²) in [6.07, 6.45) is 6.29. The average Bonchev–Trinajstić information content (AvgIpc) is 2.65. The molecule has 4 nitrogen and oxygen atoms in total. The summed E-state index contributed by atoms with van der Waals surface area (Å²) < 4.78 is 7.23. The van der Waals surface area contributed by atoms with E-state index in [9.17, 15) is 0 Å². The van der Waals surface area contributed by atoms with Crippen LogP contribution < -0.4 is 5.32 Å². The van der Waals surface area contributed by atoms with Gasteiger partial charge in [-0.1, -0.05) is 6.92 Å². The van der Waals surface area contributed by atoms with E-state index in [0.717, 1.165) is 39.1 Å². The molecule has 0 amide bonds. The van der Waals surface area contributed by atoms with E-state index in [2.05, 4.69) is 23.5 Å². The van der Waals surface area contributed by atoms with Crippen LogP contribution in [-0.4, -0.2) is 29.5 Å². The third-order valence-corrected chi connectivity index (χ3v) is 3.34. The Hall–Kier alpha value is -0.870. The van der Waals surface area contributed by atoms with Crippen molar-refractivity contribution >= 4 is 0 Å². The van der Waals surface area contributed by atoms with E-state index in [4.69, 9.17) is 4.74 Å². The van der Waals surface area contributed by atoms with Crippen LogP contribution in [0.2, 0.25) is 0 Å². The first-order valence-corrected chi connectivity index (χ1v) is 5.94. The summed E-state index contributed by atoms with van der Waals surface area (Å²) in [5.41, 5.74) is 1.65. The largest absolute Gasteiger partial charge is 0.381 e. The third kappa shape index (κ3) is 3.06. The van der Waals surface area contributed by atoms with Gasteiger partial charge >= 0.3 is 0 Å². The van der Waals surface area contributed by atoms with Gasteiger partial charge in [-0.3, -0.25) is 4.68 Å². The summed E-state index contributed by atoms with van der Waals surface area (Å²) in [5.74, 6) is 0. The van der Waals surface area contributed by atoms with E-state index in [-0.39, 0.29) is 0 Å². The van der Waals surface area contributed by atoms with Crippen molar-refractivity contribution in [3.63, 3.8) is 0 Å². The lowest BCUT2D eigenvalue weighted by atomic mass is 9.82.